The van der Waals surface area contributed by atoms with Crippen molar-refractivity contribution in [2.75, 3.05) is 13.6 Å². The van der Waals surface area contributed by atoms with Gasteiger partial charge in [-0.15, -0.1) is 0 Å². The fourth-order valence-corrected chi connectivity index (χ4v) is 2.75. The highest BCUT2D eigenvalue weighted by molar-refractivity contribution is 7.81. The second kappa shape index (κ2) is 7.32. The summed E-state index contributed by atoms with van der Waals surface area (Å²) >= 11 is 4.31. The minimum atomic E-state index is -0.603. The number of ether oxygens (including phenoxy) is 1. The molecule has 0 aromatic heterocycles. The van der Waals surface area contributed by atoms with Gasteiger partial charge in [-0.2, -0.15) is 12.6 Å². The highest BCUT2D eigenvalue weighted by Crippen LogP contribution is 2.23. The van der Waals surface area contributed by atoms with Crippen LogP contribution in [0, 0.1) is 10.1 Å². The molecule has 0 saturated carbocycles. The summed E-state index contributed by atoms with van der Waals surface area (Å²) in [6.07, 6.45) is -0.136. The Hall–Kier alpha value is -2.29. The normalized spacial score (nSPS) is 20.2. The van der Waals surface area contributed by atoms with Crippen LogP contribution in [0.15, 0.2) is 24.3 Å². The third-order valence-electron chi connectivity index (χ3n) is 3.57. The van der Waals surface area contributed by atoms with Gasteiger partial charge in [0.25, 0.3) is 5.69 Å². The number of amides is 2. The Bertz CT molecular complexity index is 607. The largest absolute Gasteiger partial charge is 0.445 e. The summed E-state index contributed by atoms with van der Waals surface area (Å²) in [4.78, 5) is 35.4. The van der Waals surface area contributed by atoms with Gasteiger partial charge >= 0.3 is 6.09 Å². The number of carbonyl (C=O) groups is 2. The second-order valence-corrected chi connectivity index (χ2v) is 5.88. The molecule has 2 amide bonds. The summed E-state index contributed by atoms with van der Waals surface area (Å²) in [5, 5.41) is 13.0. The van der Waals surface area contributed by atoms with Crippen LogP contribution in [0.3, 0.4) is 0 Å². The van der Waals surface area contributed by atoms with Gasteiger partial charge in [0.05, 0.1) is 4.92 Å². The lowest BCUT2D eigenvalue weighted by atomic mass is 10.2. The predicted octanol–water partition coefficient (Wildman–Crippen LogP) is 1.35. The molecule has 1 aromatic rings. The van der Waals surface area contributed by atoms with Gasteiger partial charge in [-0.05, 0) is 24.1 Å². The van der Waals surface area contributed by atoms with Crippen LogP contribution in [0.2, 0.25) is 0 Å². The van der Waals surface area contributed by atoms with E-state index in [1.807, 2.05) is 0 Å². The van der Waals surface area contributed by atoms with Crippen LogP contribution in [0.1, 0.15) is 12.0 Å². The maximum Gasteiger partial charge on any atom is 0.410 e. The van der Waals surface area contributed by atoms with E-state index >= 15 is 0 Å². The molecule has 0 radical (unpaired) electrons. The number of benzene rings is 1. The van der Waals surface area contributed by atoms with Gasteiger partial charge in [0.1, 0.15) is 12.6 Å². The molecule has 2 unspecified atom stereocenters. The van der Waals surface area contributed by atoms with E-state index < -0.39 is 17.1 Å². The van der Waals surface area contributed by atoms with Crippen LogP contribution < -0.4 is 5.32 Å². The number of rotatable bonds is 4. The quantitative estimate of drug-likeness (QED) is 0.490. The maximum atomic E-state index is 12.2. The average molecular weight is 339 g/mol. The van der Waals surface area contributed by atoms with E-state index in [0.29, 0.717) is 18.5 Å². The van der Waals surface area contributed by atoms with Crippen molar-refractivity contribution in [2.24, 2.45) is 0 Å². The van der Waals surface area contributed by atoms with E-state index in [4.69, 9.17) is 4.74 Å². The summed E-state index contributed by atoms with van der Waals surface area (Å²) in [6, 6.07) is 5.14. The zero-order chi connectivity index (χ0) is 17.0. The number of non-ortho nitro benzene ring substituents is 1. The van der Waals surface area contributed by atoms with Crippen molar-refractivity contribution in [1.29, 1.82) is 0 Å². The van der Waals surface area contributed by atoms with Crippen molar-refractivity contribution in [2.45, 2.75) is 24.3 Å². The first-order chi connectivity index (χ1) is 10.9. The van der Waals surface area contributed by atoms with Gasteiger partial charge in [0.15, 0.2) is 0 Å². The van der Waals surface area contributed by atoms with Crippen LogP contribution in [0.4, 0.5) is 10.5 Å². The lowest BCUT2D eigenvalue weighted by Gasteiger charge is -2.22. The summed E-state index contributed by atoms with van der Waals surface area (Å²) < 4.78 is 5.19. The van der Waals surface area contributed by atoms with Gasteiger partial charge in [0.2, 0.25) is 5.91 Å². The first-order valence-electron chi connectivity index (χ1n) is 6.98. The molecule has 1 N–H and O–H groups in total. The Morgan fingerprint density at radius 1 is 1.43 bits per heavy atom. The molecule has 8 nitrogen and oxygen atoms in total. The number of nitro groups is 1. The number of hydrogen-bond donors (Lipinski definition) is 2. The van der Waals surface area contributed by atoms with E-state index in [2.05, 4.69) is 17.9 Å². The average Bonchev–Trinajstić information content (AvgIpc) is 2.94. The smallest absolute Gasteiger partial charge is 0.410 e. The fourth-order valence-electron chi connectivity index (χ4n) is 2.37. The second-order valence-electron chi connectivity index (χ2n) is 5.15. The number of likely N-dealkylation sites (tertiary alicyclic amines) is 1. The Kier molecular flexibility index (Phi) is 5.43. The molecule has 0 aliphatic carbocycles. The van der Waals surface area contributed by atoms with Crippen LogP contribution in [0.25, 0.3) is 0 Å². The molecule has 0 bridgehead atoms. The molecule has 1 aromatic carbocycles. The minimum absolute atomic E-state index is 0.0228. The molecule has 9 heteroatoms. The number of nitro benzene ring substituents is 1. The van der Waals surface area contributed by atoms with Crippen LogP contribution in [-0.4, -0.2) is 46.7 Å². The number of likely N-dealkylation sites (N-methyl/N-ethyl adjacent to an activating group) is 1. The summed E-state index contributed by atoms with van der Waals surface area (Å²) in [5.74, 6) is -0.256. The highest BCUT2D eigenvalue weighted by Gasteiger charge is 2.38. The van der Waals surface area contributed by atoms with Crippen molar-refractivity contribution >= 4 is 30.3 Å². The summed E-state index contributed by atoms with van der Waals surface area (Å²) in [7, 11) is 1.51. The monoisotopic (exact) mass is 339 g/mol. The third kappa shape index (κ3) is 4.13. The first kappa shape index (κ1) is 17.1. The number of carbonyl (C=O) groups excluding carboxylic acids is 2. The van der Waals surface area contributed by atoms with E-state index in [9.17, 15) is 19.7 Å². The van der Waals surface area contributed by atoms with E-state index in [0.717, 1.165) is 0 Å². The zero-order valence-corrected chi connectivity index (χ0v) is 13.4. The van der Waals surface area contributed by atoms with Crippen molar-refractivity contribution in [3.63, 3.8) is 0 Å². The van der Waals surface area contributed by atoms with Gasteiger partial charge in [-0.25, -0.2) is 4.79 Å². The summed E-state index contributed by atoms with van der Waals surface area (Å²) in [6.45, 7) is 0.311. The molecule has 1 fully saturated rings. The van der Waals surface area contributed by atoms with Gasteiger partial charge in [-0.3, -0.25) is 19.8 Å². The Balaban J connectivity index is 1.95. The molecule has 2 rings (SSSR count). The minimum Gasteiger partial charge on any atom is -0.445 e. The van der Waals surface area contributed by atoms with Gasteiger partial charge in [0, 0.05) is 31.0 Å². The predicted molar refractivity (Wildman–Crippen MR) is 85.2 cm³/mol. The van der Waals surface area contributed by atoms with E-state index in [1.54, 1.807) is 0 Å². The van der Waals surface area contributed by atoms with Crippen LogP contribution in [0.5, 0.6) is 0 Å². The molecule has 0 spiro atoms. The van der Waals surface area contributed by atoms with E-state index in [-0.39, 0.29) is 23.5 Å². The molecule has 1 aliphatic heterocycles. The lowest BCUT2D eigenvalue weighted by molar-refractivity contribution is -0.384. The van der Waals surface area contributed by atoms with Crippen molar-refractivity contribution in [3.8, 4) is 0 Å². The number of nitrogens with zero attached hydrogens (tertiary/aromatic N) is 2. The maximum absolute atomic E-state index is 12.2. The molecular formula is C14H17N3O5S. The Morgan fingerprint density at radius 3 is 2.65 bits per heavy atom. The topological polar surface area (TPSA) is 102 Å². The lowest BCUT2D eigenvalue weighted by Crippen LogP contribution is -2.45. The summed E-state index contributed by atoms with van der Waals surface area (Å²) in [5.41, 5.74) is 0.597. The third-order valence-corrected chi connectivity index (χ3v) is 3.95. The molecule has 23 heavy (non-hydrogen) atoms. The SMILES string of the molecule is CNC(=O)C1CC(S)CN1C(=O)OCc1ccc([N+](=O)[O-])cc1. The number of thiol groups is 1. The number of hydrogen-bond acceptors (Lipinski definition) is 6. The molecule has 1 aliphatic rings. The van der Waals surface area contributed by atoms with Crippen molar-refractivity contribution < 1.29 is 19.2 Å². The molecule has 2 atom stereocenters. The Morgan fingerprint density at radius 2 is 2.09 bits per heavy atom. The Labute approximate surface area is 138 Å². The van der Waals surface area contributed by atoms with Crippen LogP contribution in [-0.2, 0) is 16.1 Å². The van der Waals surface area contributed by atoms with Crippen LogP contribution >= 0.6 is 12.6 Å². The van der Waals surface area contributed by atoms with Crippen molar-refractivity contribution in [3.05, 3.63) is 39.9 Å². The van der Waals surface area contributed by atoms with Crippen molar-refractivity contribution in [1.82, 2.24) is 10.2 Å². The first-order valence-corrected chi connectivity index (χ1v) is 7.50. The van der Waals surface area contributed by atoms with Gasteiger partial charge in [-0.1, -0.05) is 0 Å². The molecule has 124 valence electrons. The molecular weight excluding hydrogens is 322 g/mol. The molecule has 1 heterocycles. The molecule has 1 saturated heterocycles. The number of nitrogens with one attached hydrogen (secondary N) is 1. The van der Waals surface area contributed by atoms with Gasteiger partial charge < -0.3 is 10.1 Å². The van der Waals surface area contributed by atoms with E-state index in [1.165, 1.54) is 36.2 Å². The fraction of sp³-hybridized carbons (Fsp3) is 0.429. The zero-order valence-electron chi connectivity index (χ0n) is 12.5. The standard InChI is InChI=1S/C14H17N3O5S/c1-15-13(18)12-6-11(23)7-16(12)14(19)22-8-9-2-4-10(5-3-9)17(20)21/h2-5,11-12,23H,6-8H2,1H3,(H,15,18). The highest BCUT2D eigenvalue weighted by atomic mass is 32.1.